The first-order valence-corrected chi connectivity index (χ1v) is 11.1. The van der Waals surface area contributed by atoms with Crippen LogP contribution in [0.25, 0.3) is 10.9 Å². The van der Waals surface area contributed by atoms with Crippen molar-refractivity contribution in [2.75, 3.05) is 13.2 Å². The molecule has 0 radical (unpaired) electrons. The topological polar surface area (TPSA) is 99.9 Å². The summed E-state index contributed by atoms with van der Waals surface area (Å²) < 4.78 is 1.90. The van der Waals surface area contributed by atoms with Gasteiger partial charge in [-0.2, -0.15) is 0 Å². The Kier molecular flexibility index (Phi) is 7.23. The molecule has 3 aromatic rings. The van der Waals surface area contributed by atoms with Gasteiger partial charge in [-0.05, 0) is 67.5 Å². The molecule has 31 heavy (non-hydrogen) atoms. The molecule has 0 saturated carbocycles. The summed E-state index contributed by atoms with van der Waals surface area (Å²) in [7, 11) is 0. The van der Waals surface area contributed by atoms with Gasteiger partial charge in [0.1, 0.15) is 0 Å². The molecule has 3 rings (SSSR count). The molecule has 0 saturated heterocycles. The minimum Gasteiger partial charge on any atom is -0.396 e. The molecule has 0 aliphatic carbocycles. The van der Waals surface area contributed by atoms with Gasteiger partial charge < -0.3 is 10.1 Å². The van der Waals surface area contributed by atoms with Crippen molar-refractivity contribution in [2.24, 2.45) is 0 Å². The Bertz CT molecular complexity index is 1070. The lowest BCUT2D eigenvalue weighted by Gasteiger charge is -2.33. The van der Waals surface area contributed by atoms with E-state index in [1.807, 2.05) is 35.9 Å². The molecule has 1 atom stereocenters. The molecule has 0 aliphatic heterocycles. The van der Waals surface area contributed by atoms with Crippen LogP contribution in [0.5, 0.6) is 0 Å². The number of aliphatic hydroxyl groups is 1. The molecule has 0 bridgehead atoms. The molecule has 0 unspecified atom stereocenters. The maximum absolute atomic E-state index is 12.9. The van der Waals surface area contributed by atoms with Gasteiger partial charge in [0.2, 0.25) is 0 Å². The van der Waals surface area contributed by atoms with Crippen molar-refractivity contribution in [3.63, 3.8) is 0 Å². The zero-order chi connectivity index (χ0) is 22.6. The van der Waals surface area contributed by atoms with Gasteiger partial charge in [0.15, 0.2) is 5.82 Å². The van der Waals surface area contributed by atoms with E-state index in [9.17, 15) is 9.90 Å². The van der Waals surface area contributed by atoms with Crippen LogP contribution in [-0.4, -0.2) is 48.3 Å². The van der Waals surface area contributed by atoms with E-state index in [2.05, 4.69) is 53.1 Å². The zero-order valence-electron chi connectivity index (χ0n) is 19.2. The first-order valence-electron chi connectivity index (χ1n) is 11.1. The number of rotatable bonds is 10. The summed E-state index contributed by atoms with van der Waals surface area (Å²) >= 11 is 0. The number of hydrogen-bond acceptors (Lipinski definition) is 6. The monoisotopic (exact) mass is 426 g/mol. The molecule has 2 heterocycles. The molecule has 0 spiro atoms. The fourth-order valence-corrected chi connectivity index (χ4v) is 3.97. The van der Waals surface area contributed by atoms with E-state index in [4.69, 9.17) is 0 Å². The first-order chi connectivity index (χ1) is 14.8. The zero-order valence-corrected chi connectivity index (χ0v) is 19.2. The van der Waals surface area contributed by atoms with Crippen LogP contribution < -0.4 is 5.56 Å². The number of pyridine rings is 1. The quantitative estimate of drug-likeness (QED) is 0.516. The average Bonchev–Trinajstić information content (AvgIpc) is 3.24. The highest BCUT2D eigenvalue weighted by Gasteiger charge is 2.30. The molecular weight excluding hydrogens is 392 g/mol. The number of benzene rings is 1. The van der Waals surface area contributed by atoms with Crippen molar-refractivity contribution >= 4 is 10.9 Å². The number of aliphatic hydroxyl groups excluding tert-OH is 1. The van der Waals surface area contributed by atoms with Crippen LogP contribution in [0.3, 0.4) is 0 Å². The molecule has 8 heteroatoms. The van der Waals surface area contributed by atoms with Crippen molar-refractivity contribution in [1.29, 1.82) is 0 Å². The highest BCUT2D eigenvalue weighted by molar-refractivity contribution is 5.81. The van der Waals surface area contributed by atoms with Crippen LogP contribution in [0, 0.1) is 6.92 Å². The number of hydrogen-bond donors (Lipinski definition) is 2. The third-order valence-corrected chi connectivity index (χ3v) is 6.20. The molecule has 1 aromatic carbocycles. The SMILES string of the molecule is CC[C@@H](c1nnnn1C(C)(C)CC)N(CCCO)Cc1cc2cccc(C)c2[nH]c1=O. The van der Waals surface area contributed by atoms with E-state index in [1.54, 1.807) is 0 Å². The number of H-pyrrole nitrogens is 1. The number of fused-ring (bicyclic) bond motifs is 1. The predicted octanol–water partition coefficient (Wildman–Crippen LogP) is 3.30. The van der Waals surface area contributed by atoms with Crippen LogP contribution in [0.4, 0.5) is 0 Å². The van der Waals surface area contributed by atoms with E-state index in [0.29, 0.717) is 25.1 Å². The maximum Gasteiger partial charge on any atom is 0.252 e. The summed E-state index contributed by atoms with van der Waals surface area (Å²) in [4.78, 5) is 18.1. The first kappa shape index (κ1) is 23.1. The van der Waals surface area contributed by atoms with Crippen LogP contribution >= 0.6 is 0 Å². The summed E-state index contributed by atoms with van der Waals surface area (Å²) in [5.74, 6) is 0.792. The summed E-state index contributed by atoms with van der Waals surface area (Å²) in [6.45, 7) is 11.6. The fraction of sp³-hybridized carbons (Fsp3) is 0.565. The second kappa shape index (κ2) is 9.70. The van der Waals surface area contributed by atoms with Gasteiger partial charge in [0, 0.05) is 25.3 Å². The van der Waals surface area contributed by atoms with E-state index in [-0.39, 0.29) is 23.7 Å². The molecule has 0 amide bonds. The third kappa shape index (κ3) is 4.85. The van der Waals surface area contributed by atoms with Gasteiger partial charge in [-0.15, -0.1) is 5.10 Å². The summed E-state index contributed by atoms with van der Waals surface area (Å²) in [6.07, 6.45) is 2.29. The van der Waals surface area contributed by atoms with E-state index in [1.165, 1.54) is 0 Å². The van der Waals surface area contributed by atoms with Gasteiger partial charge in [-0.1, -0.05) is 32.0 Å². The summed E-state index contributed by atoms with van der Waals surface area (Å²) in [6, 6.07) is 7.91. The number of aryl methyl sites for hydroxylation is 1. The Morgan fingerprint density at radius 2 is 2.06 bits per heavy atom. The molecule has 2 aromatic heterocycles. The Labute approximate surface area is 183 Å². The lowest BCUT2D eigenvalue weighted by Crippen LogP contribution is -2.37. The maximum atomic E-state index is 12.9. The third-order valence-electron chi connectivity index (χ3n) is 6.20. The normalized spacial score (nSPS) is 13.3. The van der Waals surface area contributed by atoms with Gasteiger partial charge in [0.05, 0.1) is 17.1 Å². The van der Waals surface area contributed by atoms with Crippen molar-refractivity contribution in [2.45, 2.75) is 72.0 Å². The van der Waals surface area contributed by atoms with E-state index >= 15 is 0 Å². The summed E-state index contributed by atoms with van der Waals surface area (Å²) in [5, 5.41) is 23.1. The van der Waals surface area contributed by atoms with E-state index in [0.717, 1.165) is 35.1 Å². The average molecular weight is 427 g/mol. The van der Waals surface area contributed by atoms with Crippen LogP contribution in [0.15, 0.2) is 29.1 Å². The van der Waals surface area contributed by atoms with Crippen molar-refractivity contribution in [1.82, 2.24) is 30.1 Å². The second-order valence-electron chi connectivity index (χ2n) is 8.75. The number of para-hydroxylation sites is 1. The van der Waals surface area contributed by atoms with Gasteiger partial charge in [-0.3, -0.25) is 9.69 Å². The number of nitrogens with zero attached hydrogens (tertiary/aromatic N) is 5. The minimum absolute atomic E-state index is 0.0695. The lowest BCUT2D eigenvalue weighted by atomic mass is 10.0. The fourth-order valence-electron chi connectivity index (χ4n) is 3.97. The van der Waals surface area contributed by atoms with Gasteiger partial charge in [-0.25, -0.2) is 4.68 Å². The number of nitrogens with one attached hydrogen (secondary N) is 1. The number of tetrazole rings is 1. The van der Waals surface area contributed by atoms with Gasteiger partial charge in [0.25, 0.3) is 5.56 Å². The highest BCUT2D eigenvalue weighted by Crippen LogP contribution is 2.29. The van der Waals surface area contributed by atoms with Crippen molar-refractivity contribution in [3.8, 4) is 0 Å². The predicted molar refractivity (Wildman–Crippen MR) is 122 cm³/mol. The Morgan fingerprint density at radius 1 is 1.29 bits per heavy atom. The molecular formula is C23H34N6O2. The second-order valence-corrected chi connectivity index (χ2v) is 8.75. The van der Waals surface area contributed by atoms with Gasteiger partial charge >= 0.3 is 0 Å². The smallest absolute Gasteiger partial charge is 0.252 e. The van der Waals surface area contributed by atoms with Crippen LogP contribution in [-0.2, 0) is 12.1 Å². The largest absolute Gasteiger partial charge is 0.396 e. The number of aromatic amines is 1. The minimum atomic E-state index is -0.215. The number of aromatic nitrogens is 5. The lowest BCUT2D eigenvalue weighted by molar-refractivity contribution is 0.144. The molecule has 8 nitrogen and oxygen atoms in total. The Balaban J connectivity index is 2.01. The Morgan fingerprint density at radius 3 is 2.74 bits per heavy atom. The Hall–Kier alpha value is -2.58. The van der Waals surface area contributed by atoms with E-state index < -0.39 is 0 Å². The molecule has 0 aliphatic rings. The van der Waals surface area contributed by atoms with Crippen LogP contribution in [0.1, 0.15) is 70.0 Å². The van der Waals surface area contributed by atoms with Crippen molar-refractivity contribution < 1.29 is 5.11 Å². The van der Waals surface area contributed by atoms with Crippen LogP contribution in [0.2, 0.25) is 0 Å². The molecule has 0 fully saturated rings. The van der Waals surface area contributed by atoms with Crippen molar-refractivity contribution in [3.05, 3.63) is 51.6 Å². The standard InChI is InChI=1S/C23H34N6O2/c1-6-19(21-25-26-27-29(21)23(4,5)7-2)28(12-9-13-30)15-18-14-17-11-8-10-16(3)20(17)24-22(18)31/h8,10-11,14,19,30H,6-7,9,12-13,15H2,1-5H3,(H,24,31)/t19-/m0/s1. The molecule has 2 N–H and O–H groups in total. The molecule has 168 valence electrons. The highest BCUT2D eigenvalue weighted by atomic mass is 16.3. The summed E-state index contributed by atoms with van der Waals surface area (Å²) in [5.41, 5.74) is 2.32.